The SMILES string of the molecule is CC(Cl)CCNC(=O)c1cccc(Cl)c1. The summed E-state index contributed by atoms with van der Waals surface area (Å²) >= 11 is 11.5. The number of carbonyl (C=O) groups excluding carboxylic acids is 1. The first-order valence-corrected chi connectivity index (χ1v) is 5.59. The normalized spacial score (nSPS) is 12.2. The number of halogens is 2. The molecule has 0 fully saturated rings. The molecular weight excluding hydrogens is 233 g/mol. The molecule has 1 N–H and O–H groups in total. The zero-order valence-corrected chi connectivity index (χ0v) is 9.98. The number of hydrogen-bond acceptors (Lipinski definition) is 1. The van der Waals surface area contributed by atoms with Crippen LogP contribution in [0.4, 0.5) is 0 Å². The van der Waals surface area contributed by atoms with Gasteiger partial charge in [0.1, 0.15) is 0 Å². The van der Waals surface area contributed by atoms with Crippen LogP contribution in [0.15, 0.2) is 24.3 Å². The van der Waals surface area contributed by atoms with Gasteiger partial charge < -0.3 is 5.32 Å². The van der Waals surface area contributed by atoms with E-state index in [-0.39, 0.29) is 11.3 Å². The zero-order valence-electron chi connectivity index (χ0n) is 8.47. The smallest absolute Gasteiger partial charge is 0.251 e. The van der Waals surface area contributed by atoms with E-state index in [1.165, 1.54) is 0 Å². The van der Waals surface area contributed by atoms with Crippen LogP contribution in [0.5, 0.6) is 0 Å². The molecule has 2 nitrogen and oxygen atoms in total. The standard InChI is InChI=1S/C11H13Cl2NO/c1-8(12)5-6-14-11(15)9-3-2-4-10(13)7-9/h2-4,7-8H,5-6H2,1H3,(H,14,15). The van der Waals surface area contributed by atoms with Crippen molar-refractivity contribution in [1.29, 1.82) is 0 Å². The summed E-state index contributed by atoms with van der Waals surface area (Å²) in [4.78, 5) is 11.6. The van der Waals surface area contributed by atoms with Crippen LogP contribution >= 0.6 is 23.2 Å². The molecule has 0 aliphatic rings. The fourth-order valence-electron chi connectivity index (χ4n) is 1.12. The Balaban J connectivity index is 2.47. The molecule has 15 heavy (non-hydrogen) atoms. The van der Waals surface area contributed by atoms with Gasteiger partial charge in [-0.05, 0) is 31.5 Å². The third-order valence-electron chi connectivity index (χ3n) is 1.91. The number of carbonyl (C=O) groups is 1. The minimum Gasteiger partial charge on any atom is -0.352 e. The van der Waals surface area contributed by atoms with Crippen molar-refractivity contribution in [2.75, 3.05) is 6.54 Å². The van der Waals surface area contributed by atoms with Crippen molar-refractivity contribution in [2.45, 2.75) is 18.7 Å². The highest BCUT2D eigenvalue weighted by Gasteiger charge is 2.05. The molecule has 0 heterocycles. The Labute approximate surface area is 99.6 Å². The van der Waals surface area contributed by atoms with Crippen LogP contribution in [0.2, 0.25) is 5.02 Å². The van der Waals surface area contributed by atoms with Gasteiger partial charge in [-0.15, -0.1) is 11.6 Å². The third kappa shape index (κ3) is 4.54. The number of hydrogen-bond donors (Lipinski definition) is 1. The highest BCUT2D eigenvalue weighted by atomic mass is 35.5. The average Bonchev–Trinajstić information content (AvgIpc) is 2.17. The van der Waals surface area contributed by atoms with E-state index >= 15 is 0 Å². The molecule has 0 aliphatic carbocycles. The molecule has 0 radical (unpaired) electrons. The monoisotopic (exact) mass is 245 g/mol. The van der Waals surface area contributed by atoms with E-state index < -0.39 is 0 Å². The van der Waals surface area contributed by atoms with Crippen LogP contribution in [0.25, 0.3) is 0 Å². The van der Waals surface area contributed by atoms with Gasteiger partial charge in [0.2, 0.25) is 0 Å². The fourth-order valence-corrected chi connectivity index (χ4v) is 1.42. The molecule has 4 heteroatoms. The van der Waals surface area contributed by atoms with Crippen molar-refractivity contribution in [3.05, 3.63) is 34.9 Å². The summed E-state index contributed by atoms with van der Waals surface area (Å²) in [7, 11) is 0. The molecule has 1 aromatic carbocycles. The molecule has 0 saturated carbocycles. The van der Waals surface area contributed by atoms with E-state index in [0.29, 0.717) is 17.1 Å². The van der Waals surface area contributed by atoms with E-state index in [2.05, 4.69) is 5.32 Å². The van der Waals surface area contributed by atoms with Gasteiger partial charge in [0.25, 0.3) is 5.91 Å². The van der Waals surface area contributed by atoms with Gasteiger partial charge in [-0.2, -0.15) is 0 Å². The molecule has 1 amide bonds. The molecule has 0 bridgehead atoms. The molecule has 0 aromatic heterocycles. The number of amides is 1. The van der Waals surface area contributed by atoms with Crippen molar-refractivity contribution in [3.8, 4) is 0 Å². The summed E-state index contributed by atoms with van der Waals surface area (Å²) in [5, 5.41) is 3.41. The summed E-state index contributed by atoms with van der Waals surface area (Å²) in [6.45, 7) is 2.48. The Morgan fingerprint density at radius 1 is 1.53 bits per heavy atom. The predicted octanol–water partition coefficient (Wildman–Crippen LogP) is 3.09. The molecular formula is C11H13Cl2NO. The fraction of sp³-hybridized carbons (Fsp3) is 0.364. The first-order chi connectivity index (χ1) is 7.09. The van der Waals surface area contributed by atoms with Crippen molar-refractivity contribution in [1.82, 2.24) is 5.32 Å². The van der Waals surface area contributed by atoms with Gasteiger partial charge in [-0.3, -0.25) is 4.79 Å². The van der Waals surface area contributed by atoms with E-state index in [9.17, 15) is 4.79 Å². The van der Waals surface area contributed by atoms with Crippen LogP contribution in [0.1, 0.15) is 23.7 Å². The Morgan fingerprint density at radius 3 is 2.87 bits per heavy atom. The lowest BCUT2D eigenvalue weighted by molar-refractivity contribution is 0.0953. The summed E-state index contributed by atoms with van der Waals surface area (Å²) in [6, 6.07) is 6.85. The lowest BCUT2D eigenvalue weighted by atomic mass is 10.2. The summed E-state index contributed by atoms with van der Waals surface area (Å²) in [5.74, 6) is -0.116. The van der Waals surface area contributed by atoms with Crippen molar-refractivity contribution >= 4 is 29.1 Å². The number of nitrogens with one attached hydrogen (secondary N) is 1. The van der Waals surface area contributed by atoms with Crippen molar-refractivity contribution in [3.63, 3.8) is 0 Å². The van der Waals surface area contributed by atoms with E-state index in [1.807, 2.05) is 6.92 Å². The van der Waals surface area contributed by atoms with Crippen molar-refractivity contribution < 1.29 is 4.79 Å². The minimum absolute atomic E-state index is 0.0738. The Bertz CT molecular complexity index is 339. The first kappa shape index (κ1) is 12.3. The van der Waals surface area contributed by atoms with Crippen molar-refractivity contribution in [2.24, 2.45) is 0 Å². The second kappa shape index (κ2) is 5.99. The predicted molar refractivity (Wildman–Crippen MR) is 63.7 cm³/mol. The molecule has 0 aliphatic heterocycles. The average molecular weight is 246 g/mol. The summed E-state index contributed by atoms with van der Waals surface area (Å²) in [6.07, 6.45) is 0.758. The summed E-state index contributed by atoms with van der Waals surface area (Å²) in [5.41, 5.74) is 0.574. The highest BCUT2D eigenvalue weighted by molar-refractivity contribution is 6.30. The number of benzene rings is 1. The lowest BCUT2D eigenvalue weighted by Crippen LogP contribution is -2.25. The molecule has 0 spiro atoms. The second-order valence-electron chi connectivity index (χ2n) is 3.34. The topological polar surface area (TPSA) is 29.1 Å². The molecule has 0 saturated heterocycles. The quantitative estimate of drug-likeness (QED) is 0.812. The van der Waals surface area contributed by atoms with E-state index in [4.69, 9.17) is 23.2 Å². The van der Waals surface area contributed by atoms with Gasteiger partial charge in [-0.25, -0.2) is 0 Å². The molecule has 1 atom stereocenters. The zero-order chi connectivity index (χ0) is 11.3. The second-order valence-corrected chi connectivity index (χ2v) is 4.52. The number of alkyl halides is 1. The van der Waals surface area contributed by atoms with Gasteiger partial charge in [0.15, 0.2) is 0 Å². The van der Waals surface area contributed by atoms with Gasteiger partial charge in [0, 0.05) is 22.5 Å². The van der Waals surface area contributed by atoms with Gasteiger partial charge in [0.05, 0.1) is 0 Å². The van der Waals surface area contributed by atoms with E-state index in [1.54, 1.807) is 24.3 Å². The molecule has 1 unspecified atom stereocenters. The van der Waals surface area contributed by atoms with E-state index in [0.717, 1.165) is 6.42 Å². The van der Waals surface area contributed by atoms with Crippen LogP contribution in [0.3, 0.4) is 0 Å². The summed E-state index contributed by atoms with van der Waals surface area (Å²) < 4.78 is 0. The first-order valence-electron chi connectivity index (χ1n) is 4.77. The Hall–Kier alpha value is -0.730. The maximum absolute atomic E-state index is 11.6. The van der Waals surface area contributed by atoms with Crippen LogP contribution < -0.4 is 5.32 Å². The van der Waals surface area contributed by atoms with Crippen LogP contribution in [0, 0.1) is 0 Å². The van der Waals surface area contributed by atoms with Crippen LogP contribution in [-0.4, -0.2) is 17.8 Å². The van der Waals surface area contributed by atoms with Gasteiger partial charge in [-0.1, -0.05) is 17.7 Å². The minimum atomic E-state index is -0.116. The lowest BCUT2D eigenvalue weighted by Gasteiger charge is -2.06. The Kier molecular flexibility index (Phi) is 4.92. The largest absolute Gasteiger partial charge is 0.352 e. The van der Waals surface area contributed by atoms with Gasteiger partial charge >= 0.3 is 0 Å². The Morgan fingerprint density at radius 2 is 2.27 bits per heavy atom. The molecule has 82 valence electrons. The molecule has 1 aromatic rings. The number of rotatable bonds is 4. The maximum Gasteiger partial charge on any atom is 0.251 e. The third-order valence-corrected chi connectivity index (χ3v) is 2.37. The molecule has 1 rings (SSSR count). The van der Waals surface area contributed by atoms with Crippen LogP contribution in [-0.2, 0) is 0 Å². The maximum atomic E-state index is 11.6. The highest BCUT2D eigenvalue weighted by Crippen LogP contribution is 2.10.